The lowest BCUT2D eigenvalue weighted by Crippen LogP contribution is -2.42. The first-order chi connectivity index (χ1) is 14.4. The van der Waals surface area contributed by atoms with E-state index in [-0.39, 0.29) is 16.7 Å². The average molecular weight is 482 g/mol. The number of nitrogens with zero attached hydrogens (tertiary/aromatic N) is 3. The molecule has 2 aromatic heterocycles. The van der Waals surface area contributed by atoms with Crippen molar-refractivity contribution in [1.82, 2.24) is 8.87 Å². The molecule has 1 atom stereocenters. The Morgan fingerprint density at radius 3 is 2.80 bits per heavy atom. The van der Waals surface area contributed by atoms with Crippen molar-refractivity contribution in [3.63, 3.8) is 0 Å². The molecule has 1 saturated heterocycles. The maximum atomic E-state index is 13.0. The first kappa shape index (κ1) is 21.5. The zero-order valence-corrected chi connectivity index (χ0v) is 19.2. The third-order valence-electron chi connectivity index (χ3n) is 4.98. The Kier molecular flexibility index (Phi) is 6.26. The van der Waals surface area contributed by atoms with E-state index in [4.69, 9.17) is 11.6 Å². The van der Waals surface area contributed by atoms with Gasteiger partial charge in [-0.3, -0.25) is 4.79 Å². The van der Waals surface area contributed by atoms with E-state index < -0.39 is 15.9 Å². The Bertz CT molecular complexity index is 1270. The highest BCUT2D eigenvalue weighted by Crippen LogP contribution is 2.31. The number of fused-ring (bicyclic) bond motifs is 1. The Morgan fingerprint density at radius 1 is 1.27 bits per heavy atom. The van der Waals surface area contributed by atoms with Crippen molar-refractivity contribution in [3.05, 3.63) is 58.2 Å². The fourth-order valence-corrected chi connectivity index (χ4v) is 7.73. The molecule has 3 heterocycles. The van der Waals surface area contributed by atoms with Crippen molar-refractivity contribution < 1.29 is 13.2 Å². The smallest absolute Gasteiger partial charge is 0.252 e. The summed E-state index contributed by atoms with van der Waals surface area (Å²) in [6, 6.07) is 10.9. The Morgan fingerprint density at radius 2 is 2.07 bits per heavy atom. The summed E-state index contributed by atoms with van der Waals surface area (Å²) in [4.78, 5) is 18.0. The van der Waals surface area contributed by atoms with Gasteiger partial charge in [-0.15, -0.1) is 17.9 Å². The van der Waals surface area contributed by atoms with E-state index >= 15 is 0 Å². The van der Waals surface area contributed by atoms with Gasteiger partial charge in [-0.25, -0.2) is 8.42 Å². The molecule has 158 valence electrons. The van der Waals surface area contributed by atoms with Gasteiger partial charge in [0.25, 0.3) is 15.9 Å². The van der Waals surface area contributed by atoms with E-state index in [1.807, 2.05) is 28.8 Å². The second kappa shape index (κ2) is 8.76. The number of piperidine rings is 1. The number of aromatic nitrogens is 1. The number of allylic oxidation sites excluding steroid dienone is 1. The summed E-state index contributed by atoms with van der Waals surface area (Å²) in [5.74, 6) is -0.755. The van der Waals surface area contributed by atoms with Crippen LogP contribution in [0.1, 0.15) is 12.8 Å². The minimum absolute atomic E-state index is 0.131. The normalized spacial score (nSPS) is 18.7. The molecule has 4 rings (SSSR count). The lowest BCUT2D eigenvalue weighted by Gasteiger charge is -2.29. The second-order valence-corrected chi connectivity index (χ2v) is 11.9. The van der Waals surface area contributed by atoms with Gasteiger partial charge in [-0.1, -0.05) is 41.1 Å². The lowest BCUT2D eigenvalue weighted by atomic mass is 9.99. The van der Waals surface area contributed by atoms with E-state index in [1.54, 1.807) is 12.1 Å². The van der Waals surface area contributed by atoms with Gasteiger partial charge in [0.2, 0.25) is 0 Å². The number of para-hydroxylation sites is 1. The number of thiazole rings is 1. The first-order valence-electron chi connectivity index (χ1n) is 9.43. The van der Waals surface area contributed by atoms with Crippen LogP contribution < -0.4 is 4.80 Å². The molecule has 0 aliphatic carbocycles. The molecule has 0 spiro atoms. The topological polar surface area (TPSA) is 71.7 Å². The van der Waals surface area contributed by atoms with Crippen molar-refractivity contribution in [2.24, 2.45) is 10.9 Å². The quantitative estimate of drug-likeness (QED) is 0.514. The van der Waals surface area contributed by atoms with Crippen LogP contribution in [0.4, 0.5) is 0 Å². The maximum absolute atomic E-state index is 13.0. The summed E-state index contributed by atoms with van der Waals surface area (Å²) in [6.07, 6.45) is 3.00. The third-order valence-corrected chi connectivity index (χ3v) is 9.60. The van der Waals surface area contributed by atoms with Gasteiger partial charge in [-0.2, -0.15) is 9.30 Å². The molecule has 3 aromatic rings. The van der Waals surface area contributed by atoms with Gasteiger partial charge in [-0.05, 0) is 37.1 Å². The molecule has 1 fully saturated rings. The van der Waals surface area contributed by atoms with Crippen LogP contribution in [0.15, 0.2) is 58.3 Å². The Balaban J connectivity index is 1.62. The number of halogens is 1. The predicted octanol–water partition coefficient (Wildman–Crippen LogP) is 4.13. The first-order valence-corrected chi connectivity index (χ1v) is 12.9. The van der Waals surface area contributed by atoms with Gasteiger partial charge < -0.3 is 4.57 Å². The lowest BCUT2D eigenvalue weighted by molar-refractivity contribution is -0.122. The molecule has 1 aliphatic heterocycles. The van der Waals surface area contributed by atoms with Crippen LogP contribution in [0.25, 0.3) is 10.2 Å². The largest absolute Gasteiger partial charge is 0.313 e. The minimum atomic E-state index is -3.66. The molecule has 30 heavy (non-hydrogen) atoms. The molecule has 1 aromatic carbocycles. The summed E-state index contributed by atoms with van der Waals surface area (Å²) in [5, 5.41) is 0. The molecule has 1 amide bonds. The minimum Gasteiger partial charge on any atom is -0.313 e. The van der Waals surface area contributed by atoms with Gasteiger partial charge in [0.05, 0.1) is 20.5 Å². The summed E-state index contributed by atoms with van der Waals surface area (Å²) in [5.41, 5.74) is 0.997. The number of carbonyl (C=O) groups excluding carboxylic acids is 1. The highest BCUT2D eigenvalue weighted by atomic mass is 35.5. The molecular formula is C20H20ClN3O3S3. The van der Waals surface area contributed by atoms with Crippen LogP contribution >= 0.6 is 34.3 Å². The van der Waals surface area contributed by atoms with Crippen LogP contribution in [-0.4, -0.2) is 36.3 Å². The molecule has 1 aliphatic rings. The SMILES string of the molecule is C=CCn1c(=NC(=O)C2CCCN(S(=O)(=O)c3ccc(Cl)s3)C2)sc2ccccc21. The molecular weight excluding hydrogens is 462 g/mol. The van der Waals surface area contributed by atoms with Gasteiger partial charge in [0.1, 0.15) is 4.21 Å². The molecule has 1 unspecified atom stereocenters. The highest BCUT2D eigenvalue weighted by Gasteiger charge is 2.34. The summed E-state index contributed by atoms with van der Waals surface area (Å²) < 4.78 is 30.8. The van der Waals surface area contributed by atoms with E-state index in [9.17, 15) is 13.2 Å². The monoisotopic (exact) mass is 481 g/mol. The van der Waals surface area contributed by atoms with Gasteiger partial charge in [0.15, 0.2) is 4.80 Å². The van der Waals surface area contributed by atoms with Crippen molar-refractivity contribution in [2.75, 3.05) is 13.1 Å². The van der Waals surface area contributed by atoms with Crippen molar-refractivity contribution in [3.8, 4) is 0 Å². The number of hydrogen-bond acceptors (Lipinski definition) is 5. The average Bonchev–Trinajstić information content (AvgIpc) is 3.33. The van der Waals surface area contributed by atoms with E-state index in [0.717, 1.165) is 21.6 Å². The van der Waals surface area contributed by atoms with E-state index in [0.29, 0.717) is 35.1 Å². The fraction of sp³-hybridized carbons (Fsp3) is 0.300. The summed E-state index contributed by atoms with van der Waals surface area (Å²) in [6.45, 7) is 4.86. The van der Waals surface area contributed by atoms with Crippen molar-refractivity contribution >= 4 is 60.4 Å². The molecule has 0 saturated carbocycles. The Labute approximate surface area is 187 Å². The number of sulfonamides is 1. The number of hydrogen-bond donors (Lipinski definition) is 0. The number of amides is 1. The van der Waals surface area contributed by atoms with Crippen LogP contribution in [0, 0.1) is 5.92 Å². The summed E-state index contributed by atoms with van der Waals surface area (Å²) in [7, 11) is -3.66. The van der Waals surface area contributed by atoms with Crippen LogP contribution in [0.3, 0.4) is 0 Å². The number of thiophene rings is 1. The Hall–Kier alpha value is -1.78. The van der Waals surface area contributed by atoms with Crippen LogP contribution in [-0.2, 0) is 21.4 Å². The fourth-order valence-electron chi connectivity index (χ4n) is 3.52. The predicted molar refractivity (Wildman–Crippen MR) is 121 cm³/mol. The number of rotatable bonds is 5. The third kappa shape index (κ3) is 4.17. The standard InChI is InChI=1S/C20H20ClN3O3S3/c1-2-11-24-15-7-3-4-8-16(15)28-20(24)22-19(25)14-6-5-12-23(13-14)30(26,27)18-10-9-17(21)29-18/h2-4,7-10,14H,1,5-6,11-13H2. The molecule has 0 N–H and O–H groups in total. The van der Waals surface area contributed by atoms with Crippen LogP contribution in [0.5, 0.6) is 0 Å². The maximum Gasteiger partial charge on any atom is 0.252 e. The van der Waals surface area contributed by atoms with Gasteiger partial charge >= 0.3 is 0 Å². The van der Waals surface area contributed by atoms with E-state index in [1.165, 1.54) is 21.7 Å². The zero-order chi connectivity index (χ0) is 21.3. The van der Waals surface area contributed by atoms with Gasteiger partial charge in [0, 0.05) is 19.6 Å². The van der Waals surface area contributed by atoms with E-state index in [2.05, 4.69) is 11.6 Å². The highest BCUT2D eigenvalue weighted by molar-refractivity contribution is 7.91. The number of carbonyl (C=O) groups is 1. The molecule has 0 bridgehead atoms. The van der Waals surface area contributed by atoms with Crippen molar-refractivity contribution in [2.45, 2.75) is 23.6 Å². The zero-order valence-electron chi connectivity index (χ0n) is 16.0. The summed E-state index contributed by atoms with van der Waals surface area (Å²) >= 11 is 8.38. The molecule has 0 radical (unpaired) electrons. The van der Waals surface area contributed by atoms with Crippen LogP contribution in [0.2, 0.25) is 4.34 Å². The molecule has 10 heteroatoms. The van der Waals surface area contributed by atoms with Crippen molar-refractivity contribution in [1.29, 1.82) is 0 Å². The second-order valence-electron chi connectivity index (χ2n) is 6.96. The number of benzene rings is 1. The molecule has 6 nitrogen and oxygen atoms in total.